The number of carboxylic acid groups (broad SMARTS) is 1. The van der Waals surface area contributed by atoms with Crippen LogP contribution in [0.5, 0.6) is 5.88 Å². The first-order valence-electron chi connectivity index (χ1n) is 14.0. The fraction of sp³-hybridized carbons (Fsp3) is 0.242. The molecule has 0 amide bonds. The topological polar surface area (TPSA) is 86.5 Å². The van der Waals surface area contributed by atoms with Crippen LogP contribution in [-0.2, 0) is 30.5 Å². The number of hydrogen-bond donors (Lipinski definition) is 1. The second-order valence-corrected chi connectivity index (χ2v) is 10.6. The van der Waals surface area contributed by atoms with E-state index in [1.807, 2.05) is 4.57 Å². The van der Waals surface area contributed by atoms with Crippen LogP contribution in [0.25, 0.3) is 22.3 Å². The summed E-state index contributed by atoms with van der Waals surface area (Å²) in [6.45, 7) is 1.17. The second-order valence-electron chi connectivity index (χ2n) is 10.6. The maximum absolute atomic E-state index is 15.5. The van der Waals surface area contributed by atoms with Crippen LogP contribution in [0, 0.1) is 5.82 Å². The number of benzene rings is 3. The van der Waals surface area contributed by atoms with E-state index in [0.717, 1.165) is 25.0 Å². The number of nitrogens with zero attached hydrogens (tertiary/aromatic N) is 3. The highest BCUT2D eigenvalue weighted by molar-refractivity contribution is 5.92. The van der Waals surface area contributed by atoms with Crippen molar-refractivity contribution in [1.29, 1.82) is 0 Å². The average Bonchev–Trinajstić information content (AvgIpc) is 3.65. The number of hydrogen-bond acceptors (Lipinski definition) is 5. The Balaban J connectivity index is 1.21. The number of aromatic nitrogens is 3. The summed E-state index contributed by atoms with van der Waals surface area (Å²) in [6.07, 6.45) is -2.45. The van der Waals surface area contributed by atoms with Gasteiger partial charge in [0.25, 0.3) is 0 Å². The Morgan fingerprint density at radius 2 is 1.84 bits per heavy atom. The standard InChI is InChI=1S/C33H27F4N3O4/c34-26-15-22(27-4-1-5-31(39-27)44-19-20-6-11-24(12-7-20)33(35,36)37)9-8-21(26)17-30-38-28-13-10-23(32(41)42)16-29(28)40(30)18-25-3-2-14-43-25/h1,4-13,15-16,25H,2-3,14,17-19H2,(H,41,42). The minimum atomic E-state index is -4.41. The molecule has 11 heteroatoms. The van der Waals surface area contributed by atoms with Gasteiger partial charge in [0.1, 0.15) is 18.2 Å². The van der Waals surface area contributed by atoms with Crippen LogP contribution in [0.4, 0.5) is 17.6 Å². The maximum atomic E-state index is 15.5. The first-order chi connectivity index (χ1) is 21.1. The smallest absolute Gasteiger partial charge is 0.416 e. The molecule has 3 aromatic carbocycles. The molecule has 1 aliphatic rings. The zero-order valence-corrected chi connectivity index (χ0v) is 23.4. The highest BCUT2D eigenvalue weighted by atomic mass is 19.4. The number of rotatable bonds is 9. The van der Waals surface area contributed by atoms with Crippen LogP contribution in [0.1, 0.15) is 45.7 Å². The fourth-order valence-corrected chi connectivity index (χ4v) is 5.26. The molecular weight excluding hydrogens is 578 g/mol. The number of ether oxygens (including phenoxy) is 2. The summed E-state index contributed by atoms with van der Waals surface area (Å²) in [5.74, 6) is -0.651. The van der Waals surface area contributed by atoms with E-state index in [2.05, 4.69) is 4.98 Å². The van der Waals surface area contributed by atoms with Gasteiger partial charge in [-0.1, -0.05) is 30.3 Å². The van der Waals surface area contributed by atoms with E-state index < -0.39 is 23.5 Å². The lowest BCUT2D eigenvalue weighted by Crippen LogP contribution is -2.17. The van der Waals surface area contributed by atoms with Gasteiger partial charge < -0.3 is 19.1 Å². The number of pyridine rings is 1. The first-order valence-corrected chi connectivity index (χ1v) is 14.0. The van der Waals surface area contributed by atoms with Gasteiger partial charge in [-0.05, 0) is 66.4 Å². The van der Waals surface area contributed by atoms with Gasteiger partial charge in [-0.15, -0.1) is 0 Å². The lowest BCUT2D eigenvalue weighted by Gasteiger charge is -2.15. The molecule has 0 aliphatic carbocycles. The van der Waals surface area contributed by atoms with Gasteiger partial charge in [-0.25, -0.2) is 19.2 Å². The predicted molar refractivity (Wildman–Crippen MR) is 154 cm³/mol. The van der Waals surface area contributed by atoms with E-state index in [0.29, 0.717) is 52.4 Å². The van der Waals surface area contributed by atoms with Crippen molar-refractivity contribution in [1.82, 2.24) is 14.5 Å². The van der Waals surface area contributed by atoms with Crippen molar-refractivity contribution >= 4 is 17.0 Å². The van der Waals surface area contributed by atoms with E-state index in [9.17, 15) is 23.1 Å². The molecule has 0 spiro atoms. The minimum Gasteiger partial charge on any atom is -0.478 e. The van der Waals surface area contributed by atoms with Crippen LogP contribution >= 0.6 is 0 Å². The van der Waals surface area contributed by atoms with E-state index in [4.69, 9.17) is 14.5 Å². The molecule has 1 fully saturated rings. The van der Waals surface area contributed by atoms with Gasteiger partial charge in [0.15, 0.2) is 0 Å². The van der Waals surface area contributed by atoms with Gasteiger partial charge in [0, 0.05) is 24.7 Å². The van der Waals surface area contributed by atoms with Crippen LogP contribution in [0.2, 0.25) is 0 Å². The van der Waals surface area contributed by atoms with Crippen molar-refractivity contribution in [2.24, 2.45) is 0 Å². The molecule has 1 N–H and O–H groups in total. The molecule has 2 aromatic heterocycles. The molecular formula is C33H27F4N3O4. The summed E-state index contributed by atoms with van der Waals surface area (Å²) >= 11 is 0. The van der Waals surface area contributed by atoms with Crippen molar-refractivity contribution in [3.8, 4) is 17.1 Å². The maximum Gasteiger partial charge on any atom is 0.416 e. The number of imidazole rings is 1. The molecule has 0 saturated carbocycles. The summed E-state index contributed by atoms with van der Waals surface area (Å²) in [5.41, 5.74) is 2.63. The molecule has 5 aromatic rings. The molecule has 7 nitrogen and oxygen atoms in total. The normalized spacial score (nSPS) is 15.1. The largest absolute Gasteiger partial charge is 0.478 e. The summed E-state index contributed by atoms with van der Waals surface area (Å²) in [7, 11) is 0. The van der Waals surface area contributed by atoms with Gasteiger partial charge in [0.05, 0.1) is 40.5 Å². The Bertz CT molecular complexity index is 1810. The third-order valence-corrected chi connectivity index (χ3v) is 7.57. The number of fused-ring (bicyclic) bond motifs is 1. The monoisotopic (exact) mass is 605 g/mol. The number of alkyl halides is 3. The number of carbonyl (C=O) groups is 1. The van der Waals surface area contributed by atoms with E-state index in [-0.39, 0.29) is 30.6 Å². The van der Waals surface area contributed by atoms with Gasteiger partial charge in [-0.3, -0.25) is 0 Å². The van der Waals surface area contributed by atoms with Crippen LogP contribution in [0.3, 0.4) is 0 Å². The molecule has 226 valence electrons. The van der Waals surface area contributed by atoms with Crippen LogP contribution in [-0.4, -0.2) is 38.3 Å². The van der Waals surface area contributed by atoms with Gasteiger partial charge in [-0.2, -0.15) is 13.2 Å². The summed E-state index contributed by atoms with van der Waals surface area (Å²) in [4.78, 5) is 20.8. The van der Waals surface area contributed by atoms with E-state index in [1.165, 1.54) is 24.3 Å². The van der Waals surface area contributed by atoms with Crippen molar-refractivity contribution in [3.63, 3.8) is 0 Å². The Morgan fingerprint density at radius 3 is 2.55 bits per heavy atom. The lowest BCUT2D eigenvalue weighted by molar-refractivity contribution is -0.137. The van der Waals surface area contributed by atoms with Crippen molar-refractivity contribution < 1.29 is 36.9 Å². The second kappa shape index (κ2) is 12.1. The molecule has 44 heavy (non-hydrogen) atoms. The number of halogens is 4. The van der Waals surface area contributed by atoms with E-state index in [1.54, 1.807) is 42.5 Å². The Morgan fingerprint density at radius 1 is 1.02 bits per heavy atom. The number of aromatic carboxylic acids is 1. The predicted octanol–water partition coefficient (Wildman–Crippen LogP) is 7.30. The molecule has 6 rings (SSSR count). The summed E-state index contributed by atoms with van der Waals surface area (Å²) in [6, 6.07) is 19.3. The quantitative estimate of drug-likeness (QED) is 0.178. The minimum absolute atomic E-state index is 0.0166. The molecule has 0 radical (unpaired) electrons. The highest BCUT2D eigenvalue weighted by Crippen LogP contribution is 2.30. The SMILES string of the molecule is O=C(O)c1ccc2nc(Cc3ccc(-c4cccc(OCc5ccc(C(F)(F)F)cc5)n4)cc3F)n(CC3CCCO3)c2c1. The Kier molecular flexibility index (Phi) is 8.05. The Hall–Kier alpha value is -4.77. The number of carboxylic acids is 1. The third-order valence-electron chi connectivity index (χ3n) is 7.57. The molecule has 0 bridgehead atoms. The van der Waals surface area contributed by atoms with Crippen molar-refractivity contribution in [2.45, 2.75) is 44.7 Å². The molecule has 1 atom stereocenters. The Labute approximate surface area is 249 Å². The zero-order chi connectivity index (χ0) is 30.8. The molecule has 1 unspecified atom stereocenters. The van der Waals surface area contributed by atoms with Crippen molar-refractivity contribution in [2.75, 3.05) is 6.61 Å². The fourth-order valence-electron chi connectivity index (χ4n) is 5.26. The zero-order valence-electron chi connectivity index (χ0n) is 23.4. The highest BCUT2D eigenvalue weighted by Gasteiger charge is 2.30. The van der Waals surface area contributed by atoms with E-state index >= 15 is 4.39 Å². The third kappa shape index (κ3) is 6.42. The van der Waals surface area contributed by atoms with Crippen LogP contribution in [0.15, 0.2) is 78.9 Å². The van der Waals surface area contributed by atoms with Crippen LogP contribution < -0.4 is 4.74 Å². The average molecular weight is 606 g/mol. The molecule has 1 saturated heterocycles. The lowest BCUT2D eigenvalue weighted by atomic mass is 10.1. The summed E-state index contributed by atoms with van der Waals surface area (Å²) < 4.78 is 67.4. The van der Waals surface area contributed by atoms with Gasteiger partial charge >= 0.3 is 12.1 Å². The summed E-state index contributed by atoms with van der Waals surface area (Å²) in [5, 5.41) is 9.50. The van der Waals surface area contributed by atoms with Crippen molar-refractivity contribution in [3.05, 3.63) is 113 Å². The van der Waals surface area contributed by atoms with Gasteiger partial charge in [0.2, 0.25) is 5.88 Å². The first kappa shape index (κ1) is 29.3. The molecule has 3 heterocycles. The molecule has 1 aliphatic heterocycles.